The summed E-state index contributed by atoms with van der Waals surface area (Å²) in [6.45, 7) is 6.04. The number of nitrogens with one attached hydrogen (secondary N) is 1. The Labute approximate surface area is 156 Å². The zero-order chi connectivity index (χ0) is 18.4. The Balaban J connectivity index is 1.51. The maximum Gasteiger partial charge on any atom is 0.317 e. The predicted octanol–water partition coefficient (Wildman–Crippen LogP) is 3.00. The molecule has 0 bridgehead atoms. The summed E-state index contributed by atoms with van der Waals surface area (Å²) in [7, 11) is 0. The molecule has 0 radical (unpaired) electrons. The molecule has 2 aliphatic rings. The van der Waals surface area contributed by atoms with Crippen LogP contribution in [0.25, 0.3) is 0 Å². The number of amides is 2. The highest BCUT2D eigenvalue weighted by Gasteiger charge is 2.23. The van der Waals surface area contributed by atoms with E-state index < -0.39 is 0 Å². The molecular formula is C20H29N5O. The third-order valence-corrected chi connectivity index (χ3v) is 5.58. The van der Waals surface area contributed by atoms with Gasteiger partial charge >= 0.3 is 6.03 Å². The van der Waals surface area contributed by atoms with Crippen molar-refractivity contribution in [2.45, 2.75) is 39.0 Å². The van der Waals surface area contributed by atoms with Crippen molar-refractivity contribution < 1.29 is 4.79 Å². The van der Waals surface area contributed by atoms with Gasteiger partial charge in [0.05, 0.1) is 5.56 Å². The third kappa shape index (κ3) is 4.66. The number of urea groups is 1. The van der Waals surface area contributed by atoms with Crippen molar-refractivity contribution in [2.75, 3.05) is 37.6 Å². The molecule has 1 aliphatic carbocycles. The van der Waals surface area contributed by atoms with Crippen LogP contribution in [-0.4, -0.2) is 48.6 Å². The number of pyridine rings is 1. The van der Waals surface area contributed by atoms with Crippen LogP contribution in [0.4, 0.5) is 10.6 Å². The number of carbonyl (C=O) groups excluding carboxylic acids is 1. The lowest BCUT2D eigenvalue weighted by molar-refractivity contribution is 0.195. The fourth-order valence-electron chi connectivity index (χ4n) is 4.16. The van der Waals surface area contributed by atoms with Gasteiger partial charge in [-0.05, 0) is 43.2 Å². The number of carbonyl (C=O) groups is 1. The number of anilines is 1. The minimum Gasteiger partial charge on any atom is -0.354 e. The summed E-state index contributed by atoms with van der Waals surface area (Å²) in [6.07, 6.45) is 7.67. The summed E-state index contributed by atoms with van der Waals surface area (Å²) >= 11 is 0. The number of hydrogen-bond acceptors (Lipinski definition) is 4. The van der Waals surface area contributed by atoms with Crippen LogP contribution in [0.15, 0.2) is 18.3 Å². The zero-order valence-electron chi connectivity index (χ0n) is 15.7. The Hall–Kier alpha value is -2.29. The highest BCUT2D eigenvalue weighted by atomic mass is 16.2. The van der Waals surface area contributed by atoms with Gasteiger partial charge in [0.25, 0.3) is 0 Å². The van der Waals surface area contributed by atoms with Gasteiger partial charge in [-0.1, -0.05) is 19.8 Å². The third-order valence-electron chi connectivity index (χ3n) is 5.58. The molecule has 0 aromatic carbocycles. The molecule has 6 nitrogen and oxygen atoms in total. The Morgan fingerprint density at radius 3 is 3.00 bits per heavy atom. The zero-order valence-corrected chi connectivity index (χ0v) is 15.7. The van der Waals surface area contributed by atoms with Gasteiger partial charge in [-0.3, -0.25) is 0 Å². The van der Waals surface area contributed by atoms with Crippen LogP contribution in [0.3, 0.4) is 0 Å². The first-order valence-corrected chi connectivity index (χ1v) is 9.80. The summed E-state index contributed by atoms with van der Waals surface area (Å²) in [6, 6.07) is 5.84. The van der Waals surface area contributed by atoms with Crippen molar-refractivity contribution >= 4 is 11.8 Å². The van der Waals surface area contributed by atoms with Gasteiger partial charge in [-0.15, -0.1) is 0 Å². The maximum absolute atomic E-state index is 12.6. The van der Waals surface area contributed by atoms with Gasteiger partial charge in [-0.25, -0.2) is 9.78 Å². The van der Waals surface area contributed by atoms with Crippen molar-refractivity contribution in [2.24, 2.45) is 11.8 Å². The number of nitriles is 1. The Kier molecular flexibility index (Phi) is 6.32. The summed E-state index contributed by atoms with van der Waals surface area (Å²) < 4.78 is 0. The molecule has 2 fully saturated rings. The van der Waals surface area contributed by atoms with Gasteiger partial charge in [-0.2, -0.15) is 5.26 Å². The van der Waals surface area contributed by atoms with E-state index in [0.29, 0.717) is 24.6 Å². The van der Waals surface area contributed by atoms with Crippen LogP contribution < -0.4 is 10.2 Å². The van der Waals surface area contributed by atoms with Crippen LogP contribution in [-0.2, 0) is 0 Å². The van der Waals surface area contributed by atoms with E-state index in [1.54, 1.807) is 18.3 Å². The fourth-order valence-corrected chi connectivity index (χ4v) is 4.16. The first-order valence-electron chi connectivity index (χ1n) is 9.80. The van der Waals surface area contributed by atoms with Crippen molar-refractivity contribution in [3.63, 3.8) is 0 Å². The molecule has 6 heteroatoms. The van der Waals surface area contributed by atoms with Crippen molar-refractivity contribution in [3.8, 4) is 6.07 Å². The standard InChI is InChI=1S/C20H29N5O/c1-16-5-2-6-17(13-16)15-23-20(26)25-10-4-9-24(11-12-25)19-18(14-21)7-3-8-22-19/h3,7-8,16-17H,2,4-6,9-13,15H2,1H3,(H,23,26). The number of nitrogens with zero attached hydrogens (tertiary/aromatic N) is 4. The Morgan fingerprint density at radius 1 is 1.31 bits per heavy atom. The lowest BCUT2D eigenvalue weighted by Gasteiger charge is -2.28. The quantitative estimate of drug-likeness (QED) is 0.905. The highest BCUT2D eigenvalue weighted by molar-refractivity contribution is 5.74. The monoisotopic (exact) mass is 355 g/mol. The van der Waals surface area contributed by atoms with Crippen LogP contribution in [0.1, 0.15) is 44.6 Å². The molecule has 1 aliphatic heterocycles. The number of hydrogen-bond donors (Lipinski definition) is 1. The molecule has 0 spiro atoms. The van der Waals surface area contributed by atoms with E-state index in [4.69, 9.17) is 0 Å². The molecule has 3 rings (SSSR count). The van der Waals surface area contributed by atoms with Crippen LogP contribution >= 0.6 is 0 Å². The molecule has 1 saturated carbocycles. The molecular weight excluding hydrogens is 326 g/mol. The smallest absolute Gasteiger partial charge is 0.317 e. The second-order valence-corrected chi connectivity index (χ2v) is 7.64. The average Bonchev–Trinajstić information content (AvgIpc) is 2.92. The lowest BCUT2D eigenvalue weighted by Crippen LogP contribution is -2.44. The molecule has 2 unspecified atom stereocenters. The molecule has 140 valence electrons. The minimum atomic E-state index is 0.0478. The molecule has 1 saturated heterocycles. The summed E-state index contributed by atoms with van der Waals surface area (Å²) in [5, 5.41) is 12.4. The maximum atomic E-state index is 12.6. The minimum absolute atomic E-state index is 0.0478. The van der Waals surface area contributed by atoms with Gasteiger partial charge in [0.1, 0.15) is 11.9 Å². The summed E-state index contributed by atoms with van der Waals surface area (Å²) in [5.74, 6) is 2.14. The second kappa shape index (κ2) is 8.88. The average molecular weight is 355 g/mol. The van der Waals surface area contributed by atoms with Crippen molar-refractivity contribution in [1.29, 1.82) is 5.26 Å². The fraction of sp³-hybridized carbons (Fsp3) is 0.650. The number of rotatable bonds is 3. The first-order chi connectivity index (χ1) is 12.7. The predicted molar refractivity (Wildman–Crippen MR) is 102 cm³/mol. The number of aromatic nitrogens is 1. The van der Waals surface area contributed by atoms with Crippen LogP contribution in [0.5, 0.6) is 0 Å². The summed E-state index contributed by atoms with van der Waals surface area (Å²) in [5.41, 5.74) is 0.594. The van der Waals surface area contributed by atoms with E-state index in [1.807, 2.05) is 4.90 Å². The Morgan fingerprint density at radius 2 is 2.19 bits per heavy atom. The van der Waals surface area contributed by atoms with E-state index >= 15 is 0 Å². The van der Waals surface area contributed by atoms with E-state index in [1.165, 1.54) is 25.7 Å². The molecule has 1 N–H and O–H groups in total. The van der Waals surface area contributed by atoms with Crippen molar-refractivity contribution in [1.82, 2.24) is 15.2 Å². The first kappa shape index (κ1) is 18.5. The van der Waals surface area contributed by atoms with E-state index in [9.17, 15) is 10.1 Å². The highest BCUT2D eigenvalue weighted by Crippen LogP contribution is 2.28. The van der Waals surface area contributed by atoms with E-state index in [-0.39, 0.29) is 6.03 Å². The molecule has 26 heavy (non-hydrogen) atoms. The second-order valence-electron chi connectivity index (χ2n) is 7.64. The normalized spacial score (nSPS) is 23.8. The molecule has 2 atom stereocenters. The van der Waals surface area contributed by atoms with Gasteiger partial charge in [0.2, 0.25) is 0 Å². The topological polar surface area (TPSA) is 72.3 Å². The SMILES string of the molecule is CC1CCCC(CNC(=O)N2CCCN(c3ncccc3C#N)CC2)C1. The molecule has 1 aromatic rings. The van der Waals surface area contributed by atoms with Crippen LogP contribution in [0.2, 0.25) is 0 Å². The van der Waals surface area contributed by atoms with E-state index in [2.05, 4.69) is 28.2 Å². The summed E-state index contributed by atoms with van der Waals surface area (Å²) in [4.78, 5) is 21.0. The van der Waals surface area contributed by atoms with Crippen LogP contribution in [0, 0.1) is 23.2 Å². The van der Waals surface area contributed by atoms with Gasteiger partial charge in [0, 0.05) is 38.9 Å². The Bertz CT molecular complexity index is 656. The van der Waals surface area contributed by atoms with Crippen molar-refractivity contribution in [3.05, 3.63) is 23.9 Å². The van der Waals surface area contributed by atoms with Gasteiger partial charge in [0.15, 0.2) is 0 Å². The molecule has 2 heterocycles. The largest absolute Gasteiger partial charge is 0.354 e. The molecule has 1 aromatic heterocycles. The lowest BCUT2D eigenvalue weighted by atomic mass is 9.82. The van der Waals surface area contributed by atoms with E-state index in [0.717, 1.165) is 37.8 Å². The molecule has 2 amide bonds. The van der Waals surface area contributed by atoms with Gasteiger partial charge < -0.3 is 15.1 Å².